The fourth-order valence-electron chi connectivity index (χ4n) is 2.12. The van der Waals surface area contributed by atoms with E-state index in [4.69, 9.17) is 21.1 Å². The lowest BCUT2D eigenvalue weighted by Crippen LogP contribution is -2.36. The van der Waals surface area contributed by atoms with Crippen molar-refractivity contribution >= 4 is 33.3 Å². The van der Waals surface area contributed by atoms with E-state index < -0.39 is 22.5 Å². The van der Waals surface area contributed by atoms with Crippen LogP contribution in [0, 0.1) is 0 Å². The van der Waals surface area contributed by atoms with Crippen molar-refractivity contribution in [3.63, 3.8) is 0 Å². The van der Waals surface area contributed by atoms with Gasteiger partial charge in [0.15, 0.2) is 0 Å². The molecule has 6 nitrogen and oxygen atoms in total. The largest absolute Gasteiger partial charge is 0.497 e. The van der Waals surface area contributed by atoms with Gasteiger partial charge in [0.1, 0.15) is 12.3 Å². The highest BCUT2D eigenvalue weighted by Crippen LogP contribution is 2.26. The van der Waals surface area contributed by atoms with E-state index in [-0.39, 0.29) is 11.5 Å². The SMILES string of the molecule is CCOC(=O)CN(c1ccc(Cl)cc1)S(=O)(=O)c1ccc(OC)cc1. The lowest BCUT2D eigenvalue weighted by molar-refractivity contribution is -0.141. The molecule has 2 aromatic rings. The van der Waals surface area contributed by atoms with Crippen LogP contribution >= 0.6 is 11.6 Å². The van der Waals surface area contributed by atoms with Gasteiger partial charge in [-0.05, 0) is 55.5 Å². The van der Waals surface area contributed by atoms with Gasteiger partial charge in [0.05, 0.1) is 24.3 Å². The molecule has 0 aromatic heterocycles. The number of nitrogens with zero attached hydrogens (tertiary/aromatic N) is 1. The number of methoxy groups -OCH3 is 1. The van der Waals surface area contributed by atoms with Crippen molar-refractivity contribution in [2.24, 2.45) is 0 Å². The molecular weight excluding hydrogens is 366 g/mol. The maximum atomic E-state index is 13.0. The predicted molar refractivity (Wildman–Crippen MR) is 95.6 cm³/mol. The van der Waals surface area contributed by atoms with Gasteiger partial charge in [-0.3, -0.25) is 9.10 Å². The Kier molecular flexibility index (Phi) is 6.27. The summed E-state index contributed by atoms with van der Waals surface area (Å²) in [5, 5.41) is 0.460. The summed E-state index contributed by atoms with van der Waals surface area (Å²) in [4.78, 5) is 11.9. The number of carbonyl (C=O) groups is 1. The first kappa shape index (κ1) is 19.1. The zero-order chi connectivity index (χ0) is 18.4. The molecule has 0 saturated heterocycles. The summed E-state index contributed by atoms with van der Waals surface area (Å²) in [5.74, 6) is -0.114. The minimum atomic E-state index is -3.97. The number of benzene rings is 2. The second kappa shape index (κ2) is 8.22. The summed E-state index contributed by atoms with van der Waals surface area (Å²) in [6.07, 6.45) is 0. The van der Waals surface area contributed by atoms with Gasteiger partial charge in [0, 0.05) is 5.02 Å². The molecule has 0 spiro atoms. The molecule has 0 radical (unpaired) electrons. The molecule has 0 aliphatic rings. The fraction of sp³-hybridized carbons (Fsp3) is 0.235. The molecule has 8 heteroatoms. The van der Waals surface area contributed by atoms with Crippen LogP contribution in [0.5, 0.6) is 5.75 Å². The van der Waals surface area contributed by atoms with Gasteiger partial charge in [-0.1, -0.05) is 11.6 Å². The third-order valence-electron chi connectivity index (χ3n) is 3.34. The number of anilines is 1. The molecule has 2 rings (SSSR count). The predicted octanol–water partition coefficient (Wildman–Crippen LogP) is 3.11. The molecule has 0 saturated carbocycles. The zero-order valence-corrected chi connectivity index (χ0v) is 15.4. The minimum Gasteiger partial charge on any atom is -0.497 e. The Hall–Kier alpha value is -2.25. The summed E-state index contributed by atoms with van der Waals surface area (Å²) < 4.78 is 36.9. The molecule has 25 heavy (non-hydrogen) atoms. The summed E-state index contributed by atoms with van der Waals surface area (Å²) in [6.45, 7) is 1.38. The molecule has 0 atom stereocenters. The molecule has 0 unspecified atom stereocenters. The Labute approximate surface area is 152 Å². The second-order valence-corrected chi connectivity index (χ2v) is 7.27. The lowest BCUT2D eigenvalue weighted by Gasteiger charge is -2.23. The van der Waals surface area contributed by atoms with E-state index in [1.54, 1.807) is 19.1 Å². The molecule has 0 aliphatic carbocycles. The molecule has 0 amide bonds. The quantitative estimate of drug-likeness (QED) is 0.687. The average molecular weight is 384 g/mol. The van der Waals surface area contributed by atoms with Crippen molar-refractivity contribution in [2.75, 3.05) is 24.6 Å². The van der Waals surface area contributed by atoms with Crippen LogP contribution < -0.4 is 9.04 Å². The van der Waals surface area contributed by atoms with Gasteiger partial charge in [0.2, 0.25) is 0 Å². The van der Waals surface area contributed by atoms with Crippen LogP contribution in [0.15, 0.2) is 53.4 Å². The van der Waals surface area contributed by atoms with E-state index in [1.165, 1.54) is 43.5 Å². The highest BCUT2D eigenvalue weighted by Gasteiger charge is 2.27. The summed E-state index contributed by atoms with van der Waals surface area (Å²) in [6, 6.07) is 12.1. The van der Waals surface area contributed by atoms with Crippen molar-refractivity contribution in [2.45, 2.75) is 11.8 Å². The highest BCUT2D eigenvalue weighted by atomic mass is 35.5. The second-order valence-electron chi connectivity index (χ2n) is 4.97. The average Bonchev–Trinajstić information content (AvgIpc) is 2.61. The topological polar surface area (TPSA) is 72.9 Å². The van der Waals surface area contributed by atoms with Crippen LogP contribution in [0.2, 0.25) is 5.02 Å². The van der Waals surface area contributed by atoms with Gasteiger partial charge >= 0.3 is 5.97 Å². The first-order chi connectivity index (χ1) is 11.9. The van der Waals surface area contributed by atoms with Crippen molar-refractivity contribution in [1.29, 1.82) is 0 Å². The number of ether oxygens (including phenoxy) is 2. The Bertz CT molecular complexity index is 819. The van der Waals surface area contributed by atoms with Gasteiger partial charge < -0.3 is 9.47 Å². The number of carbonyl (C=O) groups excluding carboxylic acids is 1. The van der Waals surface area contributed by atoms with Crippen molar-refractivity contribution < 1.29 is 22.7 Å². The minimum absolute atomic E-state index is 0.0348. The standard InChI is InChI=1S/C17H18ClNO5S/c1-3-24-17(20)12-19(14-6-4-13(18)5-7-14)25(21,22)16-10-8-15(23-2)9-11-16/h4-11H,3,12H2,1-2H3. The Morgan fingerprint density at radius 2 is 1.68 bits per heavy atom. The highest BCUT2D eigenvalue weighted by molar-refractivity contribution is 7.92. The Balaban J connectivity index is 2.44. The fourth-order valence-corrected chi connectivity index (χ4v) is 3.66. The van der Waals surface area contributed by atoms with Crippen molar-refractivity contribution in [3.05, 3.63) is 53.6 Å². The third-order valence-corrected chi connectivity index (χ3v) is 5.38. The summed E-state index contributed by atoms with van der Waals surface area (Å²) in [5.41, 5.74) is 0.313. The molecule has 134 valence electrons. The third kappa shape index (κ3) is 4.64. The first-order valence-corrected chi connectivity index (χ1v) is 9.28. The molecule has 0 bridgehead atoms. The van der Waals surface area contributed by atoms with E-state index >= 15 is 0 Å². The molecule has 0 heterocycles. The van der Waals surface area contributed by atoms with E-state index in [9.17, 15) is 13.2 Å². The number of esters is 1. The number of halogens is 1. The number of hydrogen-bond donors (Lipinski definition) is 0. The Morgan fingerprint density at radius 3 is 2.20 bits per heavy atom. The van der Waals surface area contributed by atoms with Crippen LogP contribution in [0.25, 0.3) is 0 Å². The van der Waals surface area contributed by atoms with E-state index in [2.05, 4.69) is 0 Å². The summed E-state index contributed by atoms with van der Waals surface area (Å²) >= 11 is 5.86. The van der Waals surface area contributed by atoms with Gasteiger partial charge in [-0.2, -0.15) is 0 Å². The smallest absolute Gasteiger partial charge is 0.326 e. The van der Waals surface area contributed by atoms with Crippen LogP contribution in [0.3, 0.4) is 0 Å². The number of rotatable bonds is 7. The first-order valence-electron chi connectivity index (χ1n) is 7.46. The Morgan fingerprint density at radius 1 is 1.08 bits per heavy atom. The van der Waals surface area contributed by atoms with Gasteiger partial charge in [0.25, 0.3) is 10.0 Å². The normalized spacial score (nSPS) is 11.0. The number of sulfonamides is 1. The summed E-state index contributed by atoms with van der Waals surface area (Å²) in [7, 11) is -2.48. The molecular formula is C17H18ClNO5S. The zero-order valence-electron chi connectivity index (χ0n) is 13.8. The van der Waals surface area contributed by atoms with Crippen LogP contribution in [-0.4, -0.2) is 34.6 Å². The molecule has 2 aromatic carbocycles. The maximum Gasteiger partial charge on any atom is 0.326 e. The van der Waals surface area contributed by atoms with E-state index in [0.717, 1.165) is 4.31 Å². The van der Waals surface area contributed by atoms with E-state index in [1.807, 2.05) is 0 Å². The molecule has 0 N–H and O–H groups in total. The maximum absolute atomic E-state index is 13.0. The van der Waals surface area contributed by atoms with Crippen LogP contribution in [0.4, 0.5) is 5.69 Å². The van der Waals surface area contributed by atoms with Gasteiger partial charge in [-0.15, -0.1) is 0 Å². The van der Waals surface area contributed by atoms with Crippen LogP contribution in [0.1, 0.15) is 6.92 Å². The van der Waals surface area contributed by atoms with Gasteiger partial charge in [-0.25, -0.2) is 8.42 Å². The molecule has 0 fully saturated rings. The van der Waals surface area contributed by atoms with E-state index in [0.29, 0.717) is 16.5 Å². The lowest BCUT2D eigenvalue weighted by atomic mass is 10.3. The number of hydrogen-bond acceptors (Lipinski definition) is 5. The van der Waals surface area contributed by atoms with Crippen molar-refractivity contribution in [3.8, 4) is 5.75 Å². The molecule has 0 aliphatic heterocycles. The van der Waals surface area contributed by atoms with Crippen molar-refractivity contribution in [1.82, 2.24) is 0 Å². The monoisotopic (exact) mass is 383 g/mol. The van der Waals surface area contributed by atoms with Crippen LogP contribution in [-0.2, 0) is 19.6 Å².